The van der Waals surface area contributed by atoms with Crippen molar-refractivity contribution in [3.8, 4) is 0 Å². The Hall–Kier alpha value is -1.92. The van der Waals surface area contributed by atoms with Crippen molar-refractivity contribution in [2.75, 3.05) is 20.3 Å². The molecule has 0 spiro atoms. The second-order valence-corrected chi connectivity index (χ2v) is 5.81. The zero-order valence-corrected chi connectivity index (χ0v) is 13.6. The summed E-state index contributed by atoms with van der Waals surface area (Å²) in [6.07, 6.45) is 6.01. The summed E-state index contributed by atoms with van der Waals surface area (Å²) in [6, 6.07) is 8.28. The van der Waals surface area contributed by atoms with Crippen LogP contribution in [0.3, 0.4) is 0 Å². The molecule has 0 saturated carbocycles. The van der Waals surface area contributed by atoms with Gasteiger partial charge in [0.15, 0.2) is 5.11 Å². The van der Waals surface area contributed by atoms with E-state index < -0.39 is 0 Å². The molecule has 0 bridgehead atoms. The molecule has 6 heteroatoms. The third-order valence-corrected chi connectivity index (χ3v) is 4.28. The molecule has 2 unspecified atom stereocenters. The van der Waals surface area contributed by atoms with Gasteiger partial charge in [0.25, 0.3) is 0 Å². The van der Waals surface area contributed by atoms with Crippen LogP contribution in [-0.4, -0.2) is 39.8 Å². The molecule has 0 aliphatic carbocycles. The second kappa shape index (κ2) is 6.46. The maximum absolute atomic E-state index is 5.54. The summed E-state index contributed by atoms with van der Waals surface area (Å²) in [6.45, 7) is 1.39. The zero-order chi connectivity index (χ0) is 15.5. The van der Waals surface area contributed by atoms with Crippen LogP contribution in [0.2, 0.25) is 0 Å². The highest BCUT2D eigenvalue weighted by atomic mass is 32.1. The Morgan fingerprint density at radius 2 is 2.23 bits per heavy atom. The molecule has 1 fully saturated rings. The first-order valence-corrected chi connectivity index (χ1v) is 7.70. The number of nitrogens with zero attached hydrogens (tertiary/aromatic N) is 3. The highest BCUT2D eigenvalue weighted by Crippen LogP contribution is 2.38. The predicted octanol–water partition coefficient (Wildman–Crippen LogP) is 2.04. The number of methoxy groups -OCH3 is 1. The Balaban J connectivity index is 1.96. The number of hydrogen-bond donors (Lipinski definition) is 1. The van der Waals surface area contributed by atoms with Crippen molar-refractivity contribution in [3.63, 3.8) is 0 Å². The van der Waals surface area contributed by atoms with Crippen LogP contribution in [0.15, 0.2) is 42.9 Å². The lowest BCUT2D eigenvalue weighted by molar-refractivity contribution is 0.164. The Kier molecular flexibility index (Phi) is 4.40. The van der Waals surface area contributed by atoms with Crippen molar-refractivity contribution in [2.24, 2.45) is 7.05 Å². The Labute approximate surface area is 135 Å². The molecule has 3 heterocycles. The largest absolute Gasteiger partial charge is 0.383 e. The van der Waals surface area contributed by atoms with Crippen molar-refractivity contribution in [1.82, 2.24) is 19.8 Å². The van der Waals surface area contributed by atoms with Gasteiger partial charge in [-0.05, 0) is 36.0 Å². The summed E-state index contributed by atoms with van der Waals surface area (Å²) in [7, 11) is 3.74. The highest BCUT2D eigenvalue weighted by Gasteiger charge is 2.39. The molecule has 116 valence electrons. The van der Waals surface area contributed by atoms with E-state index in [0.29, 0.717) is 6.61 Å². The number of thiocarbonyl (C=S) groups is 1. The second-order valence-electron chi connectivity index (χ2n) is 5.42. The number of nitrogens with one attached hydrogen (secondary N) is 1. The SMILES string of the molecule is COCCN1C(=S)NC(c2ccccn2)C1c1ccn(C)c1. The number of ether oxygens (including phenoxy) is 1. The molecule has 1 aliphatic heterocycles. The standard InChI is InChI=1S/C16H20N4OS/c1-19-8-6-12(11-19)15-14(13-5-3-4-7-17-13)18-16(22)20(15)9-10-21-2/h3-8,11,14-15H,9-10H2,1-2H3,(H,18,22). The molecule has 2 aromatic heterocycles. The number of hydrogen-bond acceptors (Lipinski definition) is 3. The lowest BCUT2D eigenvalue weighted by Gasteiger charge is -2.26. The maximum Gasteiger partial charge on any atom is 0.170 e. The van der Waals surface area contributed by atoms with Gasteiger partial charge in [-0.25, -0.2) is 0 Å². The van der Waals surface area contributed by atoms with Crippen LogP contribution in [0.25, 0.3) is 0 Å². The minimum absolute atomic E-state index is 0.0490. The van der Waals surface area contributed by atoms with Gasteiger partial charge in [-0.15, -0.1) is 0 Å². The van der Waals surface area contributed by atoms with Gasteiger partial charge in [-0.1, -0.05) is 6.07 Å². The van der Waals surface area contributed by atoms with Crippen molar-refractivity contribution < 1.29 is 4.74 Å². The minimum Gasteiger partial charge on any atom is -0.383 e. The van der Waals surface area contributed by atoms with Gasteiger partial charge in [0, 0.05) is 39.3 Å². The molecule has 3 rings (SSSR count). The molecule has 5 nitrogen and oxygen atoms in total. The van der Waals surface area contributed by atoms with Crippen LogP contribution in [-0.2, 0) is 11.8 Å². The summed E-state index contributed by atoms with van der Waals surface area (Å²) in [5, 5.41) is 4.17. The number of rotatable bonds is 5. The smallest absolute Gasteiger partial charge is 0.170 e. The normalized spacial score (nSPS) is 21.2. The van der Waals surface area contributed by atoms with Crippen LogP contribution >= 0.6 is 12.2 Å². The monoisotopic (exact) mass is 316 g/mol. The van der Waals surface area contributed by atoms with Crippen molar-refractivity contribution in [1.29, 1.82) is 0 Å². The van der Waals surface area contributed by atoms with Gasteiger partial charge in [-0.2, -0.15) is 0 Å². The summed E-state index contributed by atoms with van der Waals surface area (Å²) in [4.78, 5) is 6.69. The van der Waals surface area contributed by atoms with Crippen LogP contribution < -0.4 is 5.32 Å². The molecule has 0 radical (unpaired) electrons. The van der Waals surface area contributed by atoms with E-state index in [0.717, 1.165) is 17.4 Å². The molecule has 1 N–H and O–H groups in total. The first kappa shape index (κ1) is 15.0. The maximum atomic E-state index is 5.54. The molecule has 22 heavy (non-hydrogen) atoms. The van der Waals surface area contributed by atoms with E-state index in [4.69, 9.17) is 17.0 Å². The lowest BCUT2D eigenvalue weighted by Crippen LogP contribution is -2.32. The van der Waals surface area contributed by atoms with Crippen LogP contribution in [0.4, 0.5) is 0 Å². The van der Waals surface area contributed by atoms with E-state index in [9.17, 15) is 0 Å². The molecule has 2 aromatic rings. The lowest BCUT2D eigenvalue weighted by atomic mass is 9.99. The first-order chi connectivity index (χ1) is 10.7. The summed E-state index contributed by atoms with van der Waals surface area (Å²) < 4.78 is 7.29. The summed E-state index contributed by atoms with van der Waals surface area (Å²) in [5.74, 6) is 0. The van der Waals surface area contributed by atoms with E-state index >= 15 is 0 Å². The fraction of sp³-hybridized carbons (Fsp3) is 0.375. The van der Waals surface area contributed by atoms with E-state index in [-0.39, 0.29) is 12.1 Å². The van der Waals surface area contributed by atoms with Gasteiger partial charge in [0.2, 0.25) is 0 Å². The molecule has 0 amide bonds. The average molecular weight is 316 g/mol. The van der Waals surface area contributed by atoms with Gasteiger partial charge in [0.05, 0.1) is 24.4 Å². The van der Waals surface area contributed by atoms with Crippen LogP contribution in [0.1, 0.15) is 23.3 Å². The topological polar surface area (TPSA) is 42.3 Å². The molecule has 1 aliphatic rings. The Morgan fingerprint density at radius 1 is 1.36 bits per heavy atom. The number of pyridine rings is 1. The van der Waals surface area contributed by atoms with Crippen molar-refractivity contribution in [3.05, 3.63) is 54.1 Å². The third kappa shape index (κ3) is 2.84. The Bertz CT molecular complexity index is 643. The van der Waals surface area contributed by atoms with E-state index in [2.05, 4.69) is 38.2 Å². The minimum atomic E-state index is 0.0490. The number of aryl methyl sites for hydroxylation is 1. The first-order valence-electron chi connectivity index (χ1n) is 7.29. The van der Waals surface area contributed by atoms with E-state index in [1.165, 1.54) is 5.56 Å². The van der Waals surface area contributed by atoms with Crippen LogP contribution in [0, 0.1) is 0 Å². The molecule has 2 atom stereocenters. The van der Waals surface area contributed by atoms with Gasteiger partial charge in [0.1, 0.15) is 0 Å². The Morgan fingerprint density at radius 3 is 2.86 bits per heavy atom. The molecule has 0 aromatic carbocycles. The van der Waals surface area contributed by atoms with Crippen LogP contribution in [0.5, 0.6) is 0 Å². The molecular weight excluding hydrogens is 296 g/mol. The molecular formula is C16H20N4OS. The third-order valence-electron chi connectivity index (χ3n) is 3.93. The van der Waals surface area contributed by atoms with Gasteiger partial charge >= 0.3 is 0 Å². The molecule has 1 saturated heterocycles. The summed E-state index contributed by atoms with van der Waals surface area (Å²) >= 11 is 5.54. The quantitative estimate of drug-likeness (QED) is 0.855. The highest BCUT2D eigenvalue weighted by molar-refractivity contribution is 7.80. The van der Waals surface area contributed by atoms with Crippen molar-refractivity contribution >= 4 is 17.3 Å². The van der Waals surface area contributed by atoms with Gasteiger partial charge < -0.3 is 19.5 Å². The van der Waals surface area contributed by atoms with E-state index in [1.54, 1.807) is 7.11 Å². The number of aromatic nitrogens is 2. The predicted molar refractivity (Wildman–Crippen MR) is 89.4 cm³/mol. The average Bonchev–Trinajstić information content (AvgIpc) is 3.09. The fourth-order valence-corrected chi connectivity index (χ4v) is 3.23. The fourth-order valence-electron chi connectivity index (χ4n) is 2.90. The zero-order valence-electron chi connectivity index (χ0n) is 12.8. The summed E-state index contributed by atoms with van der Waals surface area (Å²) in [5.41, 5.74) is 2.22. The van der Waals surface area contributed by atoms with E-state index in [1.807, 2.05) is 31.4 Å². The van der Waals surface area contributed by atoms with Crippen molar-refractivity contribution in [2.45, 2.75) is 12.1 Å². The van der Waals surface area contributed by atoms with Gasteiger partial charge in [-0.3, -0.25) is 4.98 Å².